The lowest BCUT2D eigenvalue weighted by Crippen LogP contribution is -2.16. The van der Waals surface area contributed by atoms with Crippen molar-refractivity contribution < 1.29 is 12.8 Å². The molecule has 0 aliphatic carbocycles. The number of anilines is 2. The van der Waals surface area contributed by atoms with Crippen LogP contribution in [-0.4, -0.2) is 13.4 Å². The number of halogens is 2. The predicted octanol–water partition coefficient (Wildman–Crippen LogP) is 2.87. The average molecular weight is 330 g/mol. The maximum Gasteiger partial charge on any atom is 0.262 e. The summed E-state index contributed by atoms with van der Waals surface area (Å²) in [6.07, 6.45) is 0. The van der Waals surface area contributed by atoms with Crippen molar-refractivity contribution in [1.82, 2.24) is 4.98 Å². The number of nitrogens with two attached hydrogens (primary N) is 1. The van der Waals surface area contributed by atoms with E-state index in [-0.39, 0.29) is 27.0 Å². The van der Waals surface area contributed by atoms with Crippen LogP contribution in [0.25, 0.3) is 0 Å². The van der Waals surface area contributed by atoms with Gasteiger partial charge in [0.05, 0.1) is 16.3 Å². The number of pyridine rings is 1. The normalized spacial score (nSPS) is 11.4. The third-order valence-electron chi connectivity index (χ3n) is 2.90. The van der Waals surface area contributed by atoms with Crippen LogP contribution in [0.4, 0.5) is 15.8 Å². The molecule has 0 spiro atoms. The molecule has 1 aromatic heterocycles. The van der Waals surface area contributed by atoms with Crippen molar-refractivity contribution in [3.8, 4) is 0 Å². The number of nitrogens with zero attached hydrogens (tertiary/aromatic N) is 1. The number of nitrogens with one attached hydrogen (secondary N) is 1. The zero-order valence-electron chi connectivity index (χ0n) is 11.3. The van der Waals surface area contributed by atoms with Crippen molar-refractivity contribution in [3.63, 3.8) is 0 Å². The van der Waals surface area contributed by atoms with Crippen LogP contribution in [0.15, 0.2) is 29.2 Å². The van der Waals surface area contributed by atoms with E-state index in [1.54, 1.807) is 6.92 Å². The molecular weight excluding hydrogens is 317 g/mol. The number of rotatable bonds is 3. The highest BCUT2D eigenvalue weighted by molar-refractivity contribution is 7.92. The highest BCUT2D eigenvalue weighted by atomic mass is 35.5. The molecule has 8 heteroatoms. The second kappa shape index (κ2) is 5.50. The number of nitrogen functional groups attached to an aromatic ring is 1. The largest absolute Gasteiger partial charge is 0.399 e. The topological polar surface area (TPSA) is 85.1 Å². The van der Waals surface area contributed by atoms with Crippen LogP contribution < -0.4 is 10.5 Å². The van der Waals surface area contributed by atoms with E-state index in [2.05, 4.69) is 9.71 Å². The van der Waals surface area contributed by atoms with Gasteiger partial charge >= 0.3 is 0 Å². The summed E-state index contributed by atoms with van der Waals surface area (Å²) in [5, 5.41) is 0.252. The fraction of sp³-hybridized carbons (Fsp3) is 0.154. The maximum absolute atomic E-state index is 13.6. The average Bonchev–Trinajstić information content (AvgIpc) is 2.37. The first-order chi connectivity index (χ1) is 9.70. The van der Waals surface area contributed by atoms with E-state index < -0.39 is 15.8 Å². The van der Waals surface area contributed by atoms with Gasteiger partial charge in [-0.15, -0.1) is 0 Å². The third-order valence-corrected chi connectivity index (χ3v) is 4.61. The molecule has 0 aliphatic heterocycles. The van der Waals surface area contributed by atoms with Crippen LogP contribution in [-0.2, 0) is 10.0 Å². The molecule has 0 amide bonds. The highest BCUT2D eigenvalue weighted by Crippen LogP contribution is 2.25. The van der Waals surface area contributed by atoms with Crippen LogP contribution in [0.3, 0.4) is 0 Å². The highest BCUT2D eigenvalue weighted by Gasteiger charge is 2.21. The summed E-state index contributed by atoms with van der Waals surface area (Å²) in [6, 6.07) is 5.22. The molecule has 0 radical (unpaired) electrons. The summed E-state index contributed by atoms with van der Waals surface area (Å²) in [5.74, 6) is -0.679. The molecule has 3 N–H and O–H groups in total. The minimum Gasteiger partial charge on any atom is -0.399 e. The lowest BCUT2D eigenvalue weighted by atomic mass is 10.2. The van der Waals surface area contributed by atoms with Crippen molar-refractivity contribution in [3.05, 3.63) is 46.5 Å². The Balaban J connectivity index is 2.48. The number of sulfonamides is 1. The van der Waals surface area contributed by atoms with E-state index in [0.717, 1.165) is 6.07 Å². The van der Waals surface area contributed by atoms with Crippen LogP contribution in [0.2, 0.25) is 5.15 Å². The Labute approximate surface area is 127 Å². The van der Waals surface area contributed by atoms with Gasteiger partial charge in [-0.3, -0.25) is 4.72 Å². The molecule has 1 heterocycles. The van der Waals surface area contributed by atoms with E-state index in [9.17, 15) is 12.8 Å². The van der Waals surface area contributed by atoms with Gasteiger partial charge in [-0.25, -0.2) is 17.8 Å². The predicted molar refractivity (Wildman–Crippen MR) is 80.3 cm³/mol. The molecule has 112 valence electrons. The number of hydrogen-bond donors (Lipinski definition) is 2. The fourth-order valence-corrected chi connectivity index (χ4v) is 3.39. The lowest BCUT2D eigenvalue weighted by molar-refractivity contribution is 0.591. The van der Waals surface area contributed by atoms with Gasteiger partial charge in [0.1, 0.15) is 11.0 Å². The molecule has 0 unspecified atom stereocenters. The van der Waals surface area contributed by atoms with Crippen LogP contribution in [0.5, 0.6) is 0 Å². The smallest absolute Gasteiger partial charge is 0.262 e. The fourth-order valence-electron chi connectivity index (χ4n) is 1.79. The van der Waals surface area contributed by atoms with E-state index in [1.165, 1.54) is 25.1 Å². The Bertz CT molecular complexity index is 809. The Morgan fingerprint density at radius 1 is 1.29 bits per heavy atom. The Kier molecular flexibility index (Phi) is 4.06. The second-order valence-corrected chi connectivity index (χ2v) is 6.54. The van der Waals surface area contributed by atoms with E-state index in [0.29, 0.717) is 5.69 Å². The van der Waals surface area contributed by atoms with Crippen molar-refractivity contribution in [1.29, 1.82) is 0 Å². The first kappa shape index (κ1) is 15.5. The van der Waals surface area contributed by atoms with Crippen molar-refractivity contribution in [2.24, 2.45) is 0 Å². The molecule has 0 atom stereocenters. The van der Waals surface area contributed by atoms with Gasteiger partial charge in [-0.05, 0) is 38.1 Å². The number of benzene rings is 1. The van der Waals surface area contributed by atoms with Gasteiger partial charge in [0.15, 0.2) is 0 Å². The molecule has 2 rings (SSSR count). The minimum atomic E-state index is -3.98. The molecule has 0 saturated heterocycles. The standard InChI is InChI=1S/C13H13ClFN3O2S/c1-7-10(15)5-9(16)6-12(7)21(19,20)18-11-3-4-13(14)17-8(11)2/h3-6,18H,16H2,1-2H3. The van der Waals surface area contributed by atoms with Gasteiger partial charge in [0.25, 0.3) is 10.0 Å². The maximum atomic E-state index is 13.6. The van der Waals surface area contributed by atoms with E-state index >= 15 is 0 Å². The molecule has 2 aromatic rings. The Morgan fingerprint density at radius 2 is 1.95 bits per heavy atom. The van der Waals surface area contributed by atoms with Gasteiger partial charge in [-0.1, -0.05) is 11.6 Å². The van der Waals surface area contributed by atoms with Crippen LogP contribution in [0, 0.1) is 19.7 Å². The van der Waals surface area contributed by atoms with Gasteiger partial charge < -0.3 is 5.73 Å². The lowest BCUT2D eigenvalue weighted by Gasteiger charge is -2.13. The summed E-state index contributed by atoms with van der Waals surface area (Å²) in [5.41, 5.74) is 6.21. The first-order valence-corrected chi connectivity index (χ1v) is 7.78. The first-order valence-electron chi connectivity index (χ1n) is 5.92. The van der Waals surface area contributed by atoms with Crippen molar-refractivity contribution in [2.45, 2.75) is 18.7 Å². The monoisotopic (exact) mass is 329 g/mol. The van der Waals surface area contributed by atoms with Crippen molar-refractivity contribution in [2.75, 3.05) is 10.5 Å². The summed E-state index contributed by atoms with van der Waals surface area (Å²) < 4.78 is 40.7. The third kappa shape index (κ3) is 3.25. The molecule has 0 aliphatic rings. The summed E-state index contributed by atoms with van der Waals surface area (Å²) in [7, 11) is -3.98. The molecular formula is C13H13ClFN3O2S. The quantitative estimate of drug-likeness (QED) is 0.669. The Morgan fingerprint density at radius 3 is 2.57 bits per heavy atom. The zero-order chi connectivity index (χ0) is 15.8. The van der Waals surface area contributed by atoms with Crippen LogP contribution >= 0.6 is 11.6 Å². The summed E-state index contributed by atoms with van der Waals surface area (Å²) in [6.45, 7) is 2.98. The molecule has 5 nitrogen and oxygen atoms in total. The molecule has 0 bridgehead atoms. The minimum absolute atomic E-state index is 0.00345. The number of aryl methyl sites for hydroxylation is 1. The van der Waals surface area contributed by atoms with Crippen molar-refractivity contribution >= 4 is 33.0 Å². The summed E-state index contributed by atoms with van der Waals surface area (Å²) >= 11 is 5.72. The van der Waals surface area contributed by atoms with Gasteiger partial charge in [0.2, 0.25) is 0 Å². The molecule has 21 heavy (non-hydrogen) atoms. The SMILES string of the molecule is Cc1nc(Cl)ccc1NS(=O)(=O)c1cc(N)cc(F)c1C. The number of aromatic nitrogens is 1. The van der Waals surface area contributed by atoms with Gasteiger partial charge in [0, 0.05) is 11.3 Å². The van der Waals surface area contributed by atoms with E-state index in [4.69, 9.17) is 17.3 Å². The molecule has 1 aromatic carbocycles. The molecule has 0 fully saturated rings. The van der Waals surface area contributed by atoms with Crippen LogP contribution in [0.1, 0.15) is 11.3 Å². The number of hydrogen-bond acceptors (Lipinski definition) is 4. The van der Waals surface area contributed by atoms with E-state index in [1.807, 2.05) is 0 Å². The summed E-state index contributed by atoms with van der Waals surface area (Å²) in [4.78, 5) is 3.74. The Hall–Kier alpha value is -1.86. The second-order valence-electron chi connectivity index (χ2n) is 4.50. The van der Waals surface area contributed by atoms with Gasteiger partial charge in [-0.2, -0.15) is 0 Å². The zero-order valence-corrected chi connectivity index (χ0v) is 12.9. The molecule has 0 saturated carbocycles.